The quantitative estimate of drug-likeness (QED) is 0.296. The van der Waals surface area contributed by atoms with E-state index in [2.05, 4.69) is 15.4 Å². The molecule has 3 aromatic rings. The molecule has 0 radical (unpaired) electrons. The molecule has 0 amide bonds. The van der Waals surface area contributed by atoms with Crippen molar-refractivity contribution in [3.05, 3.63) is 87.2 Å². The molecule has 0 heterocycles. The van der Waals surface area contributed by atoms with Gasteiger partial charge < -0.3 is 10.6 Å². The first kappa shape index (κ1) is 25.3. The highest BCUT2D eigenvalue weighted by Crippen LogP contribution is 2.33. The van der Waals surface area contributed by atoms with Crippen LogP contribution in [0.2, 0.25) is 0 Å². The Morgan fingerprint density at radius 2 is 1.64 bits per heavy atom. The van der Waals surface area contributed by atoms with Gasteiger partial charge in [-0.3, -0.25) is 4.72 Å². The third kappa shape index (κ3) is 6.37. The van der Waals surface area contributed by atoms with Crippen LogP contribution in [0.4, 0.5) is 30.2 Å². The summed E-state index contributed by atoms with van der Waals surface area (Å²) in [5, 5.41) is 5.39. The largest absolute Gasteiger partial charge is 0.349 e. The SMILES string of the molecule is CNCCN(Cc1ccccc1)S(=O)(=O)Nc1ccc(F)c(F)c1Nc1cccc(I)c1F. The van der Waals surface area contributed by atoms with Gasteiger partial charge in [-0.1, -0.05) is 36.4 Å². The molecule has 0 unspecified atom stereocenters. The monoisotopic (exact) mass is 590 g/mol. The Balaban J connectivity index is 1.96. The van der Waals surface area contributed by atoms with Crippen molar-refractivity contribution in [3.8, 4) is 0 Å². The number of anilines is 3. The van der Waals surface area contributed by atoms with Crippen LogP contribution >= 0.6 is 22.6 Å². The highest BCUT2D eigenvalue weighted by Gasteiger charge is 2.25. The minimum atomic E-state index is -4.19. The second-order valence-electron chi connectivity index (χ2n) is 7.04. The molecule has 6 nitrogen and oxygen atoms in total. The molecule has 0 atom stereocenters. The van der Waals surface area contributed by atoms with Crippen LogP contribution in [0.5, 0.6) is 0 Å². The van der Waals surface area contributed by atoms with Gasteiger partial charge in [0, 0.05) is 19.6 Å². The maximum atomic E-state index is 14.7. The average molecular weight is 590 g/mol. The molecule has 3 rings (SSSR count). The first-order chi connectivity index (χ1) is 15.7. The second kappa shape index (κ2) is 11.2. The van der Waals surface area contributed by atoms with E-state index in [0.717, 1.165) is 17.7 Å². The number of nitrogens with one attached hydrogen (secondary N) is 3. The molecule has 176 valence electrons. The fraction of sp³-hybridized carbons (Fsp3) is 0.182. The summed E-state index contributed by atoms with van der Waals surface area (Å²) in [6.45, 7) is 0.554. The van der Waals surface area contributed by atoms with Crippen LogP contribution in [-0.2, 0) is 16.8 Å². The Hall–Kier alpha value is -2.35. The average Bonchev–Trinajstić information content (AvgIpc) is 2.79. The Bertz CT molecular complexity index is 1210. The maximum Gasteiger partial charge on any atom is 0.302 e. The van der Waals surface area contributed by atoms with Crippen LogP contribution in [-0.4, -0.2) is 32.9 Å². The highest BCUT2D eigenvalue weighted by atomic mass is 127. The summed E-state index contributed by atoms with van der Waals surface area (Å²) in [6, 6.07) is 15.2. The van der Waals surface area contributed by atoms with E-state index in [4.69, 9.17) is 0 Å². The molecular weight excluding hydrogens is 568 g/mol. The van der Waals surface area contributed by atoms with E-state index in [-0.39, 0.29) is 28.0 Å². The summed E-state index contributed by atoms with van der Waals surface area (Å²) in [5.74, 6) is -3.21. The molecule has 0 saturated carbocycles. The van der Waals surface area contributed by atoms with Crippen LogP contribution in [0.1, 0.15) is 5.56 Å². The zero-order valence-electron chi connectivity index (χ0n) is 17.6. The van der Waals surface area contributed by atoms with Gasteiger partial charge in [-0.05, 0) is 59.5 Å². The number of nitrogens with zero attached hydrogens (tertiary/aromatic N) is 1. The number of hydrogen-bond donors (Lipinski definition) is 3. The molecule has 0 bridgehead atoms. The third-order valence-electron chi connectivity index (χ3n) is 4.70. The normalized spacial score (nSPS) is 11.6. The lowest BCUT2D eigenvalue weighted by Gasteiger charge is -2.24. The molecule has 0 spiro atoms. The van der Waals surface area contributed by atoms with Gasteiger partial charge in [0.1, 0.15) is 5.69 Å². The molecule has 0 fully saturated rings. The van der Waals surface area contributed by atoms with E-state index in [0.29, 0.717) is 6.54 Å². The van der Waals surface area contributed by atoms with Crippen molar-refractivity contribution < 1.29 is 21.6 Å². The van der Waals surface area contributed by atoms with Crippen molar-refractivity contribution in [2.24, 2.45) is 0 Å². The van der Waals surface area contributed by atoms with E-state index in [9.17, 15) is 21.6 Å². The zero-order valence-corrected chi connectivity index (χ0v) is 20.6. The fourth-order valence-electron chi connectivity index (χ4n) is 3.00. The molecule has 33 heavy (non-hydrogen) atoms. The van der Waals surface area contributed by atoms with Crippen molar-refractivity contribution in [2.75, 3.05) is 30.2 Å². The van der Waals surface area contributed by atoms with Crippen molar-refractivity contribution in [1.29, 1.82) is 0 Å². The van der Waals surface area contributed by atoms with Crippen LogP contribution in [0.15, 0.2) is 60.7 Å². The Morgan fingerprint density at radius 1 is 0.909 bits per heavy atom. The minimum Gasteiger partial charge on any atom is -0.349 e. The Morgan fingerprint density at radius 3 is 2.33 bits per heavy atom. The van der Waals surface area contributed by atoms with Crippen molar-refractivity contribution in [3.63, 3.8) is 0 Å². The molecule has 3 N–H and O–H groups in total. The lowest BCUT2D eigenvalue weighted by molar-refractivity contribution is 0.408. The number of likely N-dealkylation sites (N-methyl/N-ethyl adjacent to an activating group) is 1. The summed E-state index contributed by atoms with van der Waals surface area (Å²) in [7, 11) is -2.50. The van der Waals surface area contributed by atoms with E-state index < -0.39 is 33.3 Å². The number of benzene rings is 3. The van der Waals surface area contributed by atoms with E-state index >= 15 is 0 Å². The Kier molecular flexibility index (Phi) is 8.57. The Labute approximate surface area is 204 Å². The first-order valence-corrected chi connectivity index (χ1v) is 12.4. The molecule has 0 saturated heterocycles. The van der Waals surface area contributed by atoms with Crippen LogP contribution in [0, 0.1) is 21.0 Å². The second-order valence-corrected chi connectivity index (χ2v) is 9.87. The van der Waals surface area contributed by atoms with Gasteiger partial charge in [0.2, 0.25) is 0 Å². The molecule has 3 aromatic carbocycles. The smallest absolute Gasteiger partial charge is 0.302 e. The molecule has 0 aliphatic rings. The number of halogens is 4. The van der Waals surface area contributed by atoms with Crippen molar-refractivity contribution >= 4 is 49.9 Å². The van der Waals surface area contributed by atoms with Gasteiger partial charge in [0.05, 0.1) is 14.9 Å². The standard InChI is InChI=1S/C22H22F3IN4O2S/c1-27-12-13-30(14-15-6-3-2-4-7-15)33(31,32)29-19-11-10-16(23)20(24)22(19)28-18-9-5-8-17(26)21(18)25/h2-11,27-29H,12-14H2,1H3. The maximum absolute atomic E-state index is 14.7. The topological polar surface area (TPSA) is 73.5 Å². The lowest BCUT2D eigenvalue weighted by atomic mass is 10.2. The van der Waals surface area contributed by atoms with Crippen LogP contribution in [0.25, 0.3) is 0 Å². The van der Waals surface area contributed by atoms with Gasteiger partial charge in [-0.2, -0.15) is 12.7 Å². The predicted molar refractivity (Wildman–Crippen MR) is 132 cm³/mol. The van der Waals surface area contributed by atoms with Gasteiger partial charge in [-0.25, -0.2) is 13.2 Å². The summed E-state index contributed by atoms with van der Waals surface area (Å²) < 4.78 is 73.3. The lowest BCUT2D eigenvalue weighted by Crippen LogP contribution is -2.39. The fourth-order valence-corrected chi connectivity index (χ4v) is 4.73. The summed E-state index contributed by atoms with van der Waals surface area (Å²) in [5.41, 5.74) is -0.144. The summed E-state index contributed by atoms with van der Waals surface area (Å²) in [4.78, 5) is 0. The van der Waals surface area contributed by atoms with Crippen molar-refractivity contribution in [2.45, 2.75) is 6.54 Å². The van der Waals surface area contributed by atoms with Gasteiger partial charge in [0.25, 0.3) is 0 Å². The van der Waals surface area contributed by atoms with E-state index in [1.807, 2.05) is 6.07 Å². The van der Waals surface area contributed by atoms with Gasteiger partial charge in [0.15, 0.2) is 17.5 Å². The number of hydrogen-bond acceptors (Lipinski definition) is 4. The molecule has 11 heteroatoms. The first-order valence-electron chi connectivity index (χ1n) is 9.88. The summed E-state index contributed by atoms with van der Waals surface area (Å²) in [6.07, 6.45) is 0. The number of rotatable bonds is 10. The molecule has 0 aliphatic heterocycles. The van der Waals surface area contributed by atoms with Crippen LogP contribution in [0.3, 0.4) is 0 Å². The van der Waals surface area contributed by atoms with Crippen LogP contribution < -0.4 is 15.4 Å². The van der Waals surface area contributed by atoms with Gasteiger partial charge >= 0.3 is 10.2 Å². The molecule has 0 aliphatic carbocycles. The van der Waals surface area contributed by atoms with E-state index in [1.54, 1.807) is 53.9 Å². The van der Waals surface area contributed by atoms with Gasteiger partial charge in [-0.15, -0.1) is 0 Å². The van der Waals surface area contributed by atoms with Crippen molar-refractivity contribution in [1.82, 2.24) is 9.62 Å². The summed E-state index contributed by atoms with van der Waals surface area (Å²) >= 11 is 1.76. The molecular formula is C22H22F3IN4O2S. The third-order valence-corrected chi connectivity index (χ3v) is 7.00. The predicted octanol–water partition coefficient (Wildman–Crippen LogP) is 4.83. The highest BCUT2D eigenvalue weighted by molar-refractivity contribution is 14.1. The van der Waals surface area contributed by atoms with E-state index in [1.165, 1.54) is 22.5 Å². The molecule has 0 aromatic heterocycles. The minimum absolute atomic E-state index is 0.0653. The zero-order chi connectivity index (χ0) is 24.0.